The predicted octanol–water partition coefficient (Wildman–Crippen LogP) is 4.33. The van der Waals surface area contributed by atoms with E-state index in [1.54, 1.807) is 0 Å². The summed E-state index contributed by atoms with van der Waals surface area (Å²) in [6.45, 7) is 1.01. The number of rotatable bonds is 4. The molecule has 1 aromatic heterocycles. The first-order chi connectivity index (χ1) is 9.40. The SMILES string of the molecule is CNCCc1ccccc1-c1cccc2ccsc12. The number of hydrogen-bond acceptors (Lipinski definition) is 2. The topological polar surface area (TPSA) is 12.0 Å². The summed E-state index contributed by atoms with van der Waals surface area (Å²) in [6.07, 6.45) is 1.06. The van der Waals surface area contributed by atoms with E-state index in [0.717, 1.165) is 13.0 Å². The lowest BCUT2D eigenvalue weighted by atomic mass is 9.97. The molecule has 0 aliphatic rings. The second-order valence-corrected chi connectivity index (χ2v) is 5.57. The Hall–Kier alpha value is -1.64. The molecule has 0 unspecified atom stereocenters. The van der Waals surface area contributed by atoms with Crippen LogP contribution >= 0.6 is 11.3 Å². The van der Waals surface area contributed by atoms with Crippen molar-refractivity contribution < 1.29 is 0 Å². The molecule has 0 aliphatic carbocycles. The van der Waals surface area contributed by atoms with E-state index in [0.29, 0.717) is 0 Å². The Labute approximate surface area is 117 Å². The number of benzene rings is 2. The highest BCUT2D eigenvalue weighted by atomic mass is 32.1. The number of nitrogens with one attached hydrogen (secondary N) is 1. The lowest BCUT2D eigenvalue weighted by molar-refractivity contribution is 0.793. The highest BCUT2D eigenvalue weighted by molar-refractivity contribution is 7.17. The van der Waals surface area contributed by atoms with Gasteiger partial charge in [0.2, 0.25) is 0 Å². The first kappa shape index (κ1) is 12.4. The van der Waals surface area contributed by atoms with Gasteiger partial charge in [-0.2, -0.15) is 0 Å². The number of thiophene rings is 1. The van der Waals surface area contributed by atoms with Gasteiger partial charge >= 0.3 is 0 Å². The highest BCUT2D eigenvalue weighted by Gasteiger charge is 2.08. The van der Waals surface area contributed by atoms with Crippen LogP contribution in [-0.2, 0) is 6.42 Å². The highest BCUT2D eigenvalue weighted by Crippen LogP contribution is 2.34. The molecule has 3 rings (SSSR count). The first-order valence-electron chi connectivity index (χ1n) is 6.59. The van der Waals surface area contributed by atoms with E-state index in [1.807, 2.05) is 18.4 Å². The summed E-state index contributed by atoms with van der Waals surface area (Å²) in [6, 6.07) is 17.5. The molecule has 1 N–H and O–H groups in total. The lowest BCUT2D eigenvalue weighted by Crippen LogP contribution is -2.10. The smallest absolute Gasteiger partial charge is 0.0421 e. The van der Waals surface area contributed by atoms with Crippen LogP contribution in [0.15, 0.2) is 53.9 Å². The summed E-state index contributed by atoms with van der Waals surface area (Å²) in [5, 5.41) is 6.74. The second-order valence-electron chi connectivity index (χ2n) is 4.66. The standard InChI is InChI=1S/C17H17NS/c1-18-11-9-13-5-2-3-7-15(13)16-8-4-6-14-10-12-19-17(14)16/h2-8,10,12,18H,9,11H2,1H3. The molecule has 0 aliphatic heterocycles. The Morgan fingerprint density at radius 1 is 0.947 bits per heavy atom. The van der Waals surface area contributed by atoms with Gasteiger partial charge in [0.15, 0.2) is 0 Å². The molecule has 3 aromatic rings. The zero-order valence-electron chi connectivity index (χ0n) is 11.0. The first-order valence-corrected chi connectivity index (χ1v) is 7.47. The van der Waals surface area contributed by atoms with Crippen LogP contribution in [0, 0.1) is 0 Å². The van der Waals surface area contributed by atoms with Gasteiger partial charge in [-0.3, -0.25) is 0 Å². The zero-order valence-corrected chi connectivity index (χ0v) is 11.8. The number of hydrogen-bond donors (Lipinski definition) is 1. The maximum absolute atomic E-state index is 3.23. The summed E-state index contributed by atoms with van der Waals surface area (Å²) in [5.74, 6) is 0. The molecule has 0 bridgehead atoms. The van der Waals surface area contributed by atoms with Crippen LogP contribution in [0.1, 0.15) is 5.56 Å². The molecule has 0 atom stereocenters. The van der Waals surface area contributed by atoms with Crippen LogP contribution in [0.4, 0.5) is 0 Å². The molecule has 19 heavy (non-hydrogen) atoms. The quantitative estimate of drug-likeness (QED) is 0.742. The Balaban J connectivity index is 2.13. The van der Waals surface area contributed by atoms with Crippen LogP contribution in [0.25, 0.3) is 21.2 Å². The van der Waals surface area contributed by atoms with E-state index < -0.39 is 0 Å². The van der Waals surface area contributed by atoms with Crippen molar-refractivity contribution in [2.45, 2.75) is 6.42 Å². The predicted molar refractivity (Wildman–Crippen MR) is 84.9 cm³/mol. The minimum absolute atomic E-state index is 1.01. The molecule has 0 spiro atoms. The van der Waals surface area contributed by atoms with Crippen molar-refractivity contribution in [3.63, 3.8) is 0 Å². The van der Waals surface area contributed by atoms with E-state index in [-0.39, 0.29) is 0 Å². The molecule has 0 saturated heterocycles. The Bertz CT molecular complexity index is 684. The normalized spacial score (nSPS) is 11.0. The van der Waals surface area contributed by atoms with Gasteiger partial charge in [0.05, 0.1) is 0 Å². The van der Waals surface area contributed by atoms with Crippen LogP contribution in [0.3, 0.4) is 0 Å². The summed E-state index contributed by atoms with van der Waals surface area (Å²) < 4.78 is 1.39. The van der Waals surface area contributed by atoms with Gasteiger partial charge < -0.3 is 5.32 Å². The molecule has 0 fully saturated rings. The van der Waals surface area contributed by atoms with Gasteiger partial charge in [-0.25, -0.2) is 0 Å². The molecule has 96 valence electrons. The summed E-state index contributed by atoms with van der Waals surface area (Å²) in [4.78, 5) is 0. The number of likely N-dealkylation sites (N-methyl/N-ethyl adjacent to an activating group) is 1. The number of fused-ring (bicyclic) bond motifs is 1. The monoisotopic (exact) mass is 267 g/mol. The Kier molecular flexibility index (Phi) is 3.62. The van der Waals surface area contributed by atoms with Crippen molar-refractivity contribution in [3.05, 3.63) is 59.5 Å². The molecule has 1 heterocycles. The summed E-state index contributed by atoms with van der Waals surface area (Å²) in [5.41, 5.74) is 4.14. The fraction of sp³-hybridized carbons (Fsp3) is 0.176. The van der Waals surface area contributed by atoms with Crippen molar-refractivity contribution in [1.29, 1.82) is 0 Å². The van der Waals surface area contributed by atoms with Crippen molar-refractivity contribution in [1.82, 2.24) is 5.32 Å². The van der Waals surface area contributed by atoms with Crippen molar-refractivity contribution >= 4 is 21.4 Å². The Morgan fingerprint density at radius 2 is 1.79 bits per heavy atom. The van der Waals surface area contributed by atoms with E-state index in [9.17, 15) is 0 Å². The average molecular weight is 267 g/mol. The third-order valence-electron chi connectivity index (χ3n) is 3.43. The van der Waals surface area contributed by atoms with E-state index in [1.165, 1.54) is 26.8 Å². The van der Waals surface area contributed by atoms with E-state index in [2.05, 4.69) is 59.2 Å². The van der Waals surface area contributed by atoms with Crippen LogP contribution in [-0.4, -0.2) is 13.6 Å². The second kappa shape index (κ2) is 5.55. The third kappa shape index (κ3) is 2.42. The van der Waals surface area contributed by atoms with Gasteiger partial charge in [-0.1, -0.05) is 42.5 Å². The van der Waals surface area contributed by atoms with Crippen LogP contribution < -0.4 is 5.32 Å². The van der Waals surface area contributed by atoms with E-state index >= 15 is 0 Å². The van der Waals surface area contributed by atoms with Gasteiger partial charge in [0.25, 0.3) is 0 Å². The minimum atomic E-state index is 1.01. The van der Waals surface area contributed by atoms with Gasteiger partial charge in [0, 0.05) is 4.70 Å². The Morgan fingerprint density at radius 3 is 2.68 bits per heavy atom. The zero-order chi connectivity index (χ0) is 13.1. The molecule has 2 aromatic carbocycles. The van der Waals surface area contributed by atoms with E-state index in [4.69, 9.17) is 0 Å². The van der Waals surface area contributed by atoms with Crippen molar-refractivity contribution in [2.75, 3.05) is 13.6 Å². The molecule has 0 amide bonds. The third-order valence-corrected chi connectivity index (χ3v) is 4.39. The molecule has 2 heteroatoms. The maximum Gasteiger partial charge on any atom is 0.0421 e. The summed E-state index contributed by atoms with van der Waals surface area (Å²) in [7, 11) is 2.00. The van der Waals surface area contributed by atoms with Gasteiger partial charge in [-0.15, -0.1) is 11.3 Å². The molecular weight excluding hydrogens is 250 g/mol. The minimum Gasteiger partial charge on any atom is -0.319 e. The maximum atomic E-state index is 3.23. The lowest BCUT2D eigenvalue weighted by Gasteiger charge is -2.10. The van der Waals surface area contributed by atoms with Crippen molar-refractivity contribution in [2.24, 2.45) is 0 Å². The van der Waals surface area contributed by atoms with Gasteiger partial charge in [-0.05, 0) is 53.5 Å². The largest absolute Gasteiger partial charge is 0.319 e. The average Bonchev–Trinajstić information content (AvgIpc) is 2.94. The van der Waals surface area contributed by atoms with Crippen LogP contribution in [0.5, 0.6) is 0 Å². The summed E-state index contributed by atoms with van der Waals surface area (Å²) >= 11 is 1.83. The van der Waals surface area contributed by atoms with Gasteiger partial charge in [0.1, 0.15) is 0 Å². The molecule has 0 saturated carbocycles. The van der Waals surface area contributed by atoms with Crippen molar-refractivity contribution in [3.8, 4) is 11.1 Å². The fourth-order valence-electron chi connectivity index (χ4n) is 2.47. The molecule has 1 nitrogen and oxygen atoms in total. The molecular formula is C17H17NS. The van der Waals surface area contributed by atoms with Crippen LogP contribution in [0.2, 0.25) is 0 Å². The fourth-order valence-corrected chi connectivity index (χ4v) is 3.39. The molecule has 0 radical (unpaired) electrons.